The van der Waals surface area contributed by atoms with Crippen LogP contribution in [0.5, 0.6) is 0 Å². The number of ether oxygens (including phenoxy) is 1. The molecule has 1 atom stereocenters. The van der Waals surface area contributed by atoms with E-state index in [4.69, 9.17) is 5.73 Å². The number of nitrogens with two attached hydrogens (primary N) is 1. The summed E-state index contributed by atoms with van der Waals surface area (Å²) < 4.78 is 4.47. The van der Waals surface area contributed by atoms with Gasteiger partial charge >= 0.3 is 12.0 Å². The van der Waals surface area contributed by atoms with Crippen molar-refractivity contribution >= 4 is 12.0 Å². The van der Waals surface area contributed by atoms with Gasteiger partial charge in [-0.05, 0) is 5.92 Å². The molecule has 0 aromatic carbocycles. The van der Waals surface area contributed by atoms with Crippen LogP contribution in [-0.2, 0) is 9.53 Å². The Bertz CT molecular complexity index is 179. The van der Waals surface area contributed by atoms with Crippen LogP contribution in [0.1, 0.15) is 13.8 Å². The molecule has 12 heavy (non-hydrogen) atoms. The number of esters is 1. The maximum atomic E-state index is 11.0. The minimum Gasteiger partial charge on any atom is -0.467 e. The third-order valence-electron chi connectivity index (χ3n) is 1.42. The van der Waals surface area contributed by atoms with Gasteiger partial charge < -0.3 is 15.8 Å². The van der Waals surface area contributed by atoms with E-state index in [-0.39, 0.29) is 5.92 Å². The Kier molecular flexibility index (Phi) is 4.10. The van der Waals surface area contributed by atoms with Gasteiger partial charge in [0, 0.05) is 0 Å². The van der Waals surface area contributed by atoms with E-state index in [0.717, 1.165) is 0 Å². The Morgan fingerprint density at radius 1 is 1.42 bits per heavy atom. The average molecular weight is 174 g/mol. The fraction of sp³-hybridized carbons (Fsp3) is 0.714. The first kappa shape index (κ1) is 10.7. The molecule has 2 amide bonds. The quantitative estimate of drug-likeness (QED) is 0.584. The monoisotopic (exact) mass is 174 g/mol. The van der Waals surface area contributed by atoms with Crippen molar-refractivity contribution in [2.24, 2.45) is 11.7 Å². The summed E-state index contributed by atoms with van der Waals surface area (Å²) in [6.07, 6.45) is 0. The van der Waals surface area contributed by atoms with Crippen LogP contribution >= 0.6 is 0 Å². The predicted molar refractivity (Wildman–Crippen MR) is 43.4 cm³/mol. The van der Waals surface area contributed by atoms with Crippen LogP contribution in [0.2, 0.25) is 0 Å². The van der Waals surface area contributed by atoms with E-state index in [2.05, 4.69) is 10.1 Å². The molecule has 0 spiro atoms. The lowest BCUT2D eigenvalue weighted by Gasteiger charge is -2.17. The Balaban J connectivity index is 4.23. The topological polar surface area (TPSA) is 81.4 Å². The Morgan fingerprint density at radius 3 is 2.17 bits per heavy atom. The molecule has 0 rings (SSSR count). The van der Waals surface area contributed by atoms with Crippen LogP contribution in [0.25, 0.3) is 0 Å². The molecule has 0 saturated carbocycles. The van der Waals surface area contributed by atoms with Gasteiger partial charge in [0.05, 0.1) is 7.11 Å². The Labute approximate surface area is 71.3 Å². The SMILES string of the molecule is COC(=O)C(NC(N)=O)C(C)C. The van der Waals surface area contributed by atoms with Crippen molar-refractivity contribution in [2.45, 2.75) is 19.9 Å². The number of nitrogens with one attached hydrogen (secondary N) is 1. The molecule has 5 nitrogen and oxygen atoms in total. The number of carbonyl (C=O) groups excluding carboxylic acids is 2. The van der Waals surface area contributed by atoms with Gasteiger partial charge in [-0.1, -0.05) is 13.8 Å². The molecule has 1 unspecified atom stereocenters. The first-order valence-corrected chi connectivity index (χ1v) is 3.62. The number of primary amides is 1. The highest BCUT2D eigenvalue weighted by atomic mass is 16.5. The van der Waals surface area contributed by atoms with E-state index >= 15 is 0 Å². The molecule has 0 fully saturated rings. The van der Waals surface area contributed by atoms with Crippen molar-refractivity contribution in [3.05, 3.63) is 0 Å². The van der Waals surface area contributed by atoms with Gasteiger partial charge in [0.2, 0.25) is 0 Å². The van der Waals surface area contributed by atoms with Gasteiger partial charge in [0.15, 0.2) is 0 Å². The summed E-state index contributed by atoms with van der Waals surface area (Å²) in [6.45, 7) is 3.58. The Morgan fingerprint density at radius 2 is 1.92 bits per heavy atom. The summed E-state index contributed by atoms with van der Waals surface area (Å²) in [6, 6.07) is -1.38. The molecule has 0 aliphatic rings. The minimum absolute atomic E-state index is 0.0371. The molecule has 0 heterocycles. The number of hydrogen-bond acceptors (Lipinski definition) is 3. The van der Waals surface area contributed by atoms with E-state index in [9.17, 15) is 9.59 Å². The molecule has 3 N–H and O–H groups in total. The molecule has 0 aliphatic carbocycles. The molecule has 0 aromatic heterocycles. The maximum absolute atomic E-state index is 11.0. The average Bonchev–Trinajstić information content (AvgIpc) is 1.98. The first-order chi connectivity index (χ1) is 5.49. The lowest BCUT2D eigenvalue weighted by molar-refractivity contribution is -0.143. The fourth-order valence-electron chi connectivity index (χ4n) is 0.778. The highest BCUT2D eigenvalue weighted by Crippen LogP contribution is 2.02. The number of hydrogen-bond donors (Lipinski definition) is 2. The minimum atomic E-state index is -0.723. The normalized spacial score (nSPS) is 12.3. The summed E-state index contributed by atoms with van der Waals surface area (Å²) in [5, 5.41) is 2.29. The molecule has 0 bridgehead atoms. The van der Waals surface area contributed by atoms with Crippen molar-refractivity contribution in [3.8, 4) is 0 Å². The van der Waals surface area contributed by atoms with E-state index < -0.39 is 18.0 Å². The lowest BCUT2D eigenvalue weighted by atomic mass is 10.1. The largest absolute Gasteiger partial charge is 0.467 e. The van der Waals surface area contributed by atoms with E-state index in [1.165, 1.54) is 7.11 Å². The van der Waals surface area contributed by atoms with Crippen LogP contribution in [0, 0.1) is 5.92 Å². The third kappa shape index (κ3) is 3.23. The van der Waals surface area contributed by atoms with Crippen molar-refractivity contribution in [1.82, 2.24) is 5.32 Å². The number of urea groups is 1. The van der Waals surface area contributed by atoms with Crippen LogP contribution in [0.4, 0.5) is 4.79 Å². The van der Waals surface area contributed by atoms with Crippen LogP contribution in [-0.4, -0.2) is 25.2 Å². The van der Waals surface area contributed by atoms with Crippen molar-refractivity contribution in [2.75, 3.05) is 7.11 Å². The van der Waals surface area contributed by atoms with Crippen molar-refractivity contribution in [3.63, 3.8) is 0 Å². The van der Waals surface area contributed by atoms with Crippen molar-refractivity contribution < 1.29 is 14.3 Å². The van der Waals surface area contributed by atoms with E-state index in [1.54, 1.807) is 13.8 Å². The smallest absolute Gasteiger partial charge is 0.328 e. The number of amides is 2. The molecule has 0 aromatic rings. The molecular formula is C7H14N2O3. The summed E-state index contributed by atoms with van der Waals surface area (Å²) in [5.41, 5.74) is 4.87. The zero-order valence-corrected chi connectivity index (χ0v) is 7.46. The Hall–Kier alpha value is -1.26. The second kappa shape index (κ2) is 4.58. The van der Waals surface area contributed by atoms with Crippen molar-refractivity contribution in [1.29, 1.82) is 0 Å². The zero-order valence-electron chi connectivity index (χ0n) is 7.46. The van der Waals surface area contributed by atoms with Gasteiger partial charge in [-0.25, -0.2) is 9.59 Å². The summed E-state index contributed by atoms with van der Waals surface area (Å²) in [4.78, 5) is 21.4. The van der Waals surface area contributed by atoms with E-state index in [0.29, 0.717) is 0 Å². The second-order valence-electron chi connectivity index (χ2n) is 2.75. The van der Waals surface area contributed by atoms with Gasteiger partial charge in [-0.2, -0.15) is 0 Å². The van der Waals surface area contributed by atoms with Gasteiger partial charge in [-0.15, -0.1) is 0 Å². The maximum Gasteiger partial charge on any atom is 0.328 e. The third-order valence-corrected chi connectivity index (χ3v) is 1.42. The first-order valence-electron chi connectivity index (χ1n) is 3.62. The molecule has 0 aliphatic heterocycles. The van der Waals surface area contributed by atoms with E-state index in [1.807, 2.05) is 0 Å². The predicted octanol–water partition coefficient (Wildman–Crippen LogP) is -0.148. The molecule has 5 heteroatoms. The summed E-state index contributed by atoms with van der Waals surface area (Å²) in [7, 11) is 1.26. The van der Waals surface area contributed by atoms with Crippen LogP contribution in [0.15, 0.2) is 0 Å². The molecule has 70 valence electrons. The van der Waals surface area contributed by atoms with Gasteiger partial charge in [0.1, 0.15) is 6.04 Å². The fourth-order valence-corrected chi connectivity index (χ4v) is 0.778. The zero-order chi connectivity index (χ0) is 9.72. The standard InChI is InChI=1S/C7H14N2O3/c1-4(2)5(6(10)12-3)9-7(8)11/h4-5H,1-3H3,(H3,8,9,11). The number of carbonyl (C=O) groups is 2. The number of rotatable bonds is 3. The molecular weight excluding hydrogens is 160 g/mol. The number of methoxy groups -OCH3 is 1. The molecule has 0 radical (unpaired) electrons. The van der Waals surface area contributed by atoms with Crippen LogP contribution in [0.3, 0.4) is 0 Å². The van der Waals surface area contributed by atoms with Gasteiger partial charge in [-0.3, -0.25) is 0 Å². The highest BCUT2D eigenvalue weighted by molar-refractivity contribution is 5.82. The second-order valence-corrected chi connectivity index (χ2v) is 2.75. The van der Waals surface area contributed by atoms with Crippen LogP contribution < -0.4 is 11.1 Å². The summed E-state index contributed by atoms with van der Waals surface area (Å²) >= 11 is 0. The highest BCUT2D eigenvalue weighted by Gasteiger charge is 2.23. The lowest BCUT2D eigenvalue weighted by Crippen LogP contribution is -2.47. The summed E-state index contributed by atoms with van der Waals surface area (Å²) in [5.74, 6) is -0.520. The molecule has 0 saturated heterocycles. The van der Waals surface area contributed by atoms with Gasteiger partial charge in [0.25, 0.3) is 0 Å².